The minimum atomic E-state index is -2.46. The van der Waals surface area contributed by atoms with Crippen LogP contribution in [0.3, 0.4) is 0 Å². The number of piperidine rings is 1. The van der Waals surface area contributed by atoms with E-state index in [9.17, 15) is 18.5 Å². The average Bonchev–Trinajstić information content (AvgIpc) is 3.03. The predicted octanol–water partition coefficient (Wildman–Crippen LogP) is 2.41. The van der Waals surface area contributed by atoms with Crippen LogP contribution in [0.15, 0.2) is 18.2 Å². The Morgan fingerprint density at radius 2 is 1.93 bits per heavy atom. The van der Waals surface area contributed by atoms with Crippen LogP contribution in [-0.4, -0.2) is 66.8 Å². The highest BCUT2D eigenvalue weighted by molar-refractivity contribution is 7.70. The van der Waals surface area contributed by atoms with E-state index in [0.717, 1.165) is 19.3 Å². The second kappa shape index (κ2) is 7.42. The molecule has 0 radical (unpaired) electrons. The Bertz CT molecular complexity index is 870. The SMILES string of the molecule is CP(C)(=O)c1ccc(CC2CCN(C(=O)N3CC4(CCC(=O)N4)C3)CC2)c(F)c1. The molecule has 8 heteroatoms. The molecule has 3 heterocycles. The summed E-state index contributed by atoms with van der Waals surface area (Å²) in [4.78, 5) is 27.8. The molecule has 1 spiro atoms. The lowest BCUT2D eigenvalue weighted by Gasteiger charge is -2.49. The van der Waals surface area contributed by atoms with E-state index in [2.05, 4.69) is 5.32 Å². The maximum atomic E-state index is 14.4. The summed E-state index contributed by atoms with van der Waals surface area (Å²) in [5.41, 5.74) is 0.476. The molecule has 1 aromatic carbocycles. The Kier molecular flexibility index (Phi) is 5.22. The summed E-state index contributed by atoms with van der Waals surface area (Å²) in [6.07, 6.45) is 3.71. The fraction of sp³-hybridized carbons (Fsp3) is 0.619. The summed E-state index contributed by atoms with van der Waals surface area (Å²) in [7, 11) is -2.46. The summed E-state index contributed by atoms with van der Waals surface area (Å²) in [5, 5.41) is 3.58. The number of carbonyl (C=O) groups is 2. The molecule has 0 aromatic heterocycles. The van der Waals surface area contributed by atoms with Crippen LogP contribution in [0.25, 0.3) is 0 Å². The number of nitrogens with zero attached hydrogens (tertiary/aromatic N) is 2. The number of benzene rings is 1. The van der Waals surface area contributed by atoms with Crippen LogP contribution in [0.2, 0.25) is 0 Å². The summed E-state index contributed by atoms with van der Waals surface area (Å²) in [6, 6.07) is 5.00. The first-order valence-corrected chi connectivity index (χ1v) is 12.9. The molecule has 0 saturated carbocycles. The minimum absolute atomic E-state index is 0.0485. The van der Waals surface area contributed by atoms with Crippen LogP contribution in [-0.2, 0) is 15.8 Å². The van der Waals surface area contributed by atoms with Gasteiger partial charge >= 0.3 is 6.03 Å². The van der Waals surface area contributed by atoms with E-state index in [0.29, 0.717) is 55.8 Å². The number of hydrogen-bond donors (Lipinski definition) is 1. The molecule has 0 aliphatic carbocycles. The lowest BCUT2D eigenvalue weighted by molar-refractivity contribution is -0.120. The summed E-state index contributed by atoms with van der Waals surface area (Å²) < 4.78 is 26.6. The zero-order valence-electron chi connectivity index (χ0n) is 17.1. The van der Waals surface area contributed by atoms with Crippen molar-refractivity contribution in [3.63, 3.8) is 0 Å². The molecule has 3 aliphatic rings. The van der Waals surface area contributed by atoms with Gasteiger partial charge < -0.3 is 19.7 Å². The summed E-state index contributed by atoms with van der Waals surface area (Å²) >= 11 is 0. The standard InChI is InChI=1S/C21H29FN3O3P/c1-29(2,28)17-4-3-16(18(22)12-17)11-15-6-9-24(10-7-15)20(27)25-13-21(14-25)8-5-19(26)23-21/h3-4,12,15H,5-11,13-14H2,1-2H3,(H,23,26). The molecule has 3 aliphatic heterocycles. The largest absolute Gasteiger partial charge is 0.347 e. The van der Waals surface area contributed by atoms with Crippen LogP contribution in [0.1, 0.15) is 31.2 Å². The zero-order chi connectivity index (χ0) is 20.8. The number of hydrogen-bond acceptors (Lipinski definition) is 3. The number of carbonyl (C=O) groups excluding carboxylic acids is 2. The van der Waals surface area contributed by atoms with E-state index in [1.165, 1.54) is 6.07 Å². The van der Waals surface area contributed by atoms with Gasteiger partial charge in [0.15, 0.2) is 0 Å². The predicted molar refractivity (Wildman–Crippen MR) is 111 cm³/mol. The average molecular weight is 421 g/mol. The minimum Gasteiger partial charge on any atom is -0.347 e. The molecule has 29 heavy (non-hydrogen) atoms. The van der Waals surface area contributed by atoms with Gasteiger partial charge in [-0.2, -0.15) is 0 Å². The van der Waals surface area contributed by atoms with Gasteiger partial charge in [0, 0.05) is 37.9 Å². The van der Waals surface area contributed by atoms with Gasteiger partial charge in [0.2, 0.25) is 5.91 Å². The van der Waals surface area contributed by atoms with E-state index in [1.54, 1.807) is 25.5 Å². The van der Waals surface area contributed by atoms with E-state index >= 15 is 0 Å². The number of urea groups is 1. The van der Waals surface area contributed by atoms with Crippen LogP contribution in [0.5, 0.6) is 0 Å². The topological polar surface area (TPSA) is 69.7 Å². The number of likely N-dealkylation sites (tertiary alicyclic amines) is 2. The lowest BCUT2D eigenvalue weighted by atomic mass is 9.88. The molecule has 1 N–H and O–H groups in total. The second-order valence-corrected chi connectivity index (χ2v) is 12.4. The van der Waals surface area contributed by atoms with Crippen LogP contribution < -0.4 is 10.6 Å². The lowest BCUT2D eigenvalue weighted by Crippen LogP contribution is -2.70. The summed E-state index contributed by atoms with van der Waals surface area (Å²) in [6.45, 7) is 5.86. The van der Waals surface area contributed by atoms with Crippen molar-refractivity contribution in [2.24, 2.45) is 5.92 Å². The van der Waals surface area contributed by atoms with Gasteiger partial charge in [0.1, 0.15) is 13.0 Å². The van der Waals surface area contributed by atoms with E-state index in [4.69, 9.17) is 0 Å². The van der Waals surface area contributed by atoms with Gasteiger partial charge in [-0.15, -0.1) is 0 Å². The van der Waals surface area contributed by atoms with Crippen LogP contribution >= 0.6 is 7.14 Å². The van der Waals surface area contributed by atoms with E-state index < -0.39 is 7.14 Å². The number of amides is 3. The van der Waals surface area contributed by atoms with Crippen molar-refractivity contribution in [2.45, 2.75) is 37.6 Å². The molecule has 3 amide bonds. The number of nitrogens with one attached hydrogen (secondary N) is 1. The Labute approximate surface area is 171 Å². The molecule has 1 aromatic rings. The summed E-state index contributed by atoms with van der Waals surface area (Å²) in [5.74, 6) is 0.139. The molecule has 0 atom stereocenters. The van der Waals surface area contributed by atoms with Gasteiger partial charge in [-0.25, -0.2) is 9.18 Å². The number of halogens is 1. The van der Waals surface area contributed by atoms with Crippen LogP contribution in [0, 0.1) is 11.7 Å². The monoisotopic (exact) mass is 421 g/mol. The van der Waals surface area contributed by atoms with E-state index in [1.807, 2.05) is 9.80 Å². The highest BCUT2D eigenvalue weighted by Gasteiger charge is 2.50. The first-order chi connectivity index (χ1) is 13.7. The van der Waals surface area contributed by atoms with Crippen molar-refractivity contribution in [1.29, 1.82) is 0 Å². The maximum absolute atomic E-state index is 14.4. The first-order valence-electron chi connectivity index (χ1n) is 10.3. The second-order valence-electron chi connectivity index (χ2n) is 9.23. The Hall–Kier alpha value is -1.88. The Balaban J connectivity index is 1.27. The third-order valence-corrected chi connectivity index (χ3v) is 8.07. The molecule has 3 fully saturated rings. The smallest absolute Gasteiger partial charge is 0.320 e. The fourth-order valence-corrected chi connectivity index (χ4v) is 5.56. The van der Waals surface area contributed by atoms with Crippen molar-refractivity contribution in [3.8, 4) is 0 Å². The van der Waals surface area contributed by atoms with Crippen molar-refractivity contribution >= 4 is 24.4 Å². The van der Waals surface area contributed by atoms with Crippen molar-refractivity contribution in [2.75, 3.05) is 39.5 Å². The zero-order valence-corrected chi connectivity index (χ0v) is 18.0. The molecule has 4 rings (SSSR count). The molecule has 158 valence electrons. The van der Waals surface area contributed by atoms with Gasteiger partial charge in [-0.3, -0.25) is 4.79 Å². The van der Waals surface area contributed by atoms with Crippen molar-refractivity contribution in [3.05, 3.63) is 29.6 Å². The third-order valence-electron chi connectivity index (χ3n) is 6.54. The van der Waals surface area contributed by atoms with Crippen LogP contribution in [0.4, 0.5) is 9.18 Å². The Morgan fingerprint density at radius 1 is 1.24 bits per heavy atom. The maximum Gasteiger partial charge on any atom is 0.320 e. The van der Waals surface area contributed by atoms with Gasteiger partial charge in [0.05, 0.1) is 5.54 Å². The highest BCUT2D eigenvalue weighted by Crippen LogP contribution is 2.35. The van der Waals surface area contributed by atoms with E-state index in [-0.39, 0.29) is 23.3 Å². The molecule has 3 saturated heterocycles. The molecule has 6 nitrogen and oxygen atoms in total. The highest BCUT2D eigenvalue weighted by atomic mass is 31.2. The molecular formula is C21H29FN3O3P. The Morgan fingerprint density at radius 3 is 2.48 bits per heavy atom. The van der Waals surface area contributed by atoms with Gasteiger partial charge in [-0.1, -0.05) is 12.1 Å². The first kappa shape index (κ1) is 20.4. The van der Waals surface area contributed by atoms with Gasteiger partial charge in [-0.05, 0) is 56.6 Å². The van der Waals surface area contributed by atoms with Crippen molar-refractivity contribution in [1.82, 2.24) is 15.1 Å². The fourth-order valence-electron chi connectivity index (χ4n) is 4.71. The van der Waals surface area contributed by atoms with Crippen molar-refractivity contribution < 1.29 is 18.5 Å². The third kappa shape index (κ3) is 4.20. The van der Waals surface area contributed by atoms with Gasteiger partial charge in [0.25, 0.3) is 0 Å². The normalized spacial score (nSPS) is 22.0. The molecular weight excluding hydrogens is 392 g/mol. The number of rotatable bonds is 3. The quantitative estimate of drug-likeness (QED) is 0.762. The molecule has 0 bridgehead atoms. The molecule has 0 unspecified atom stereocenters.